The number of phenols is 2. The Kier molecular flexibility index (Phi) is 10.6. The van der Waals surface area contributed by atoms with Crippen LogP contribution in [0.15, 0.2) is 58.5 Å². The van der Waals surface area contributed by atoms with Crippen molar-refractivity contribution in [2.75, 3.05) is 0 Å². The molecule has 0 spiro atoms. The van der Waals surface area contributed by atoms with Gasteiger partial charge in [0, 0.05) is 34.7 Å². The molecule has 1 aliphatic rings. The zero-order valence-electron chi connectivity index (χ0n) is 30.3. The lowest BCUT2D eigenvalue weighted by Gasteiger charge is -2.28. The summed E-state index contributed by atoms with van der Waals surface area (Å²) in [4.78, 5) is 10.2. The molecule has 3 aromatic rings. The Labute approximate surface area is 279 Å². The summed E-state index contributed by atoms with van der Waals surface area (Å²) in [6, 6.07) is 17.3. The number of benzene rings is 3. The van der Waals surface area contributed by atoms with E-state index >= 15 is 0 Å². The van der Waals surface area contributed by atoms with Gasteiger partial charge >= 0.3 is 0 Å². The summed E-state index contributed by atoms with van der Waals surface area (Å²) >= 11 is 0. The molecular weight excluding hydrogens is 564 g/mol. The maximum atomic E-state index is 11.5. The van der Waals surface area contributed by atoms with Gasteiger partial charge < -0.3 is 10.2 Å². The van der Waals surface area contributed by atoms with Gasteiger partial charge in [-0.2, -0.15) is 0 Å². The molecule has 3 atom stereocenters. The zero-order valence-corrected chi connectivity index (χ0v) is 30.3. The third-order valence-electron chi connectivity index (χ3n) is 9.69. The largest absolute Gasteiger partial charge is 0.507 e. The lowest BCUT2D eigenvalue weighted by molar-refractivity contribution is 0.390. The third-order valence-corrected chi connectivity index (χ3v) is 9.69. The van der Waals surface area contributed by atoms with Crippen molar-refractivity contribution in [2.45, 2.75) is 143 Å². The molecule has 1 fully saturated rings. The Balaban J connectivity index is 1.69. The first-order chi connectivity index (χ1) is 21.4. The van der Waals surface area contributed by atoms with Gasteiger partial charge in [0.1, 0.15) is 11.5 Å². The lowest BCUT2D eigenvalue weighted by Crippen LogP contribution is -2.27. The van der Waals surface area contributed by atoms with Crippen molar-refractivity contribution in [1.82, 2.24) is 0 Å². The second-order valence-electron chi connectivity index (χ2n) is 16.6. The first-order valence-electron chi connectivity index (χ1n) is 17.3. The summed E-state index contributed by atoms with van der Waals surface area (Å²) in [5.41, 5.74) is 7.66. The smallest absolute Gasteiger partial charge is 0.128 e. The van der Waals surface area contributed by atoms with E-state index in [9.17, 15) is 10.2 Å². The maximum Gasteiger partial charge on any atom is 0.128 e. The highest BCUT2D eigenvalue weighted by molar-refractivity contribution is 5.88. The number of hydrogen-bond donors (Lipinski definition) is 2. The van der Waals surface area contributed by atoms with Crippen LogP contribution in [0.3, 0.4) is 0 Å². The van der Waals surface area contributed by atoms with Crippen LogP contribution in [0.1, 0.15) is 148 Å². The van der Waals surface area contributed by atoms with E-state index in [0.29, 0.717) is 17.4 Å². The molecule has 0 amide bonds. The van der Waals surface area contributed by atoms with Gasteiger partial charge in [0.15, 0.2) is 0 Å². The fraction of sp³-hybridized carbons (Fsp3) is 0.524. The normalized spacial score (nSPS) is 18.8. The van der Waals surface area contributed by atoms with Crippen molar-refractivity contribution in [1.29, 1.82) is 0 Å². The molecule has 1 saturated carbocycles. The summed E-state index contributed by atoms with van der Waals surface area (Å²) in [6.45, 7) is 23.9. The van der Waals surface area contributed by atoms with Crippen molar-refractivity contribution in [3.8, 4) is 22.6 Å². The first kappa shape index (κ1) is 35.5. The molecule has 1 aliphatic carbocycles. The molecule has 4 rings (SSSR count). The third kappa shape index (κ3) is 8.30. The van der Waals surface area contributed by atoms with Gasteiger partial charge in [-0.05, 0) is 81.9 Å². The Morgan fingerprint density at radius 2 is 1.15 bits per heavy atom. The predicted molar refractivity (Wildman–Crippen MR) is 198 cm³/mol. The summed E-state index contributed by atoms with van der Waals surface area (Å²) in [6.07, 6.45) is 8.97. The monoisotopic (exact) mass is 622 g/mol. The van der Waals surface area contributed by atoms with Crippen LogP contribution in [0.25, 0.3) is 11.1 Å². The molecule has 0 bridgehead atoms. The Bertz CT molecular complexity index is 1560. The summed E-state index contributed by atoms with van der Waals surface area (Å²) < 4.78 is 0. The van der Waals surface area contributed by atoms with E-state index in [2.05, 4.69) is 125 Å². The molecule has 1 unspecified atom stereocenters. The molecule has 46 heavy (non-hydrogen) atoms. The van der Waals surface area contributed by atoms with E-state index in [1.54, 1.807) is 0 Å². The van der Waals surface area contributed by atoms with Crippen molar-refractivity contribution in [3.63, 3.8) is 0 Å². The van der Waals surface area contributed by atoms with E-state index < -0.39 is 0 Å². The van der Waals surface area contributed by atoms with Crippen LogP contribution in [0, 0.1) is 0 Å². The molecule has 0 aromatic heterocycles. The number of nitrogens with zero attached hydrogens (tertiary/aromatic N) is 2. The van der Waals surface area contributed by atoms with Crippen LogP contribution >= 0.6 is 0 Å². The minimum Gasteiger partial charge on any atom is -0.507 e. The molecule has 4 heteroatoms. The minimum atomic E-state index is -0.230. The van der Waals surface area contributed by atoms with E-state index in [1.165, 1.54) is 11.1 Å². The Morgan fingerprint density at radius 1 is 0.674 bits per heavy atom. The van der Waals surface area contributed by atoms with Crippen molar-refractivity contribution in [2.24, 2.45) is 9.98 Å². The Hall–Kier alpha value is -3.40. The van der Waals surface area contributed by atoms with Crippen LogP contribution in [0.4, 0.5) is 0 Å². The van der Waals surface area contributed by atoms with Crippen molar-refractivity contribution < 1.29 is 10.2 Å². The van der Waals surface area contributed by atoms with Crippen LogP contribution in [-0.4, -0.2) is 34.7 Å². The standard InChI is InChI=1S/C42H58N2O2/c1-12-27(2)28-17-19-29(20-18-28)30-21-31(38(45)34(23-30)41(6,7)8)25-43-36-15-13-14-16-37(36)44-26-32-22-33(40(3,4)5)24-35(39(32)46)42(9,10)11/h17-27,36-37,45-46H,12-16H2,1-11H3/b43-25+,44-26+/t27?,36-,37-/m1/s1. The van der Waals surface area contributed by atoms with Gasteiger partial charge in [0.2, 0.25) is 0 Å². The number of hydrogen-bond acceptors (Lipinski definition) is 4. The molecule has 0 aliphatic heterocycles. The molecule has 4 nitrogen and oxygen atoms in total. The van der Waals surface area contributed by atoms with Gasteiger partial charge in [0.05, 0.1) is 12.1 Å². The lowest BCUT2D eigenvalue weighted by atomic mass is 9.79. The van der Waals surface area contributed by atoms with Crippen LogP contribution in [0.2, 0.25) is 0 Å². The summed E-state index contributed by atoms with van der Waals surface area (Å²) in [5, 5.41) is 22.8. The van der Waals surface area contributed by atoms with Crippen LogP contribution in [-0.2, 0) is 16.2 Å². The number of aliphatic imine (C=N–C) groups is 2. The van der Waals surface area contributed by atoms with Crippen LogP contribution < -0.4 is 0 Å². The number of rotatable bonds is 7. The van der Waals surface area contributed by atoms with Gasteiger partial charge in [-0.15, -0.1) is 0 Å². The molecule has 2 N–H and O–H groups in total. The van der Waals surface area contributed by atoms with Gasteiger partial charge in [-0.3, -0.25) is 9.98 Å². The SMILES string of the molecule is CCC(C)c1ccc(-c2cc(/C=N/[C@@H]3CCCC[C@H]3/N=C/c3cc(C(C)(C)C)cc(C(C)(C)C)c3O)c(O)c(C(C)(C)C)c2)cc1. The van der Waals surface area contributed by atoms with Crippen LogP contribution in [0.5, 0.6) is 11.5 Å². The summed E-state index contributed by atoms with van der Waals surface area (Å²) in [5.74, 6) is 1.14. The second kappa shape index (κ2) is 13.8. The zero-order chi connectivity index (χ0) is 34.0. The topological polar surface area (TPSA) is 65.2 Å². The van der Waals surface area contributed by atoms with E-state index in [4.69, 9.17) is 9.98 Å². The molecular formula is C42H58N2O2. The van der Waals surface area contributed by atoms with Crippen molar-refractivity contribution in [3.05, 3.63) is 81.9 Å². The number of aromatic hydroxyl groups is 2. The summed E-state index contributed by atoms with van der Waals surface area (Å²) in [7, 11) is 0. The predicted octanol–water partition coefficient (Wildman–Crippen LogP) is 11.0. The molecule has 3 aromatic carbocycles. The second-order valence-corrected chi connectivity index (χ2v) is 16.6. The maximum absolute atomic E-state index is 11.5. The fourth-order valence-corrected chi connectivity index (χ4v) is 6.29. The van der Waals surface area contributed by atoms with E-state index in [0.717, 1.165) is 65.5 Å². The van der Waals surface area contributed by atoms with E-state index in [-0.39, 0.29) is 28.3 Å². The van der Waals surface area contributed by atoms with Gasteiger partial charge in [-0.1, -0.05) is 119 Å². The highest BCUT2D eigenvalue weighted by Crippen LogP contribution is 2.39. The molecule has 0 heterocycles. The molecule has 0 saturated heterocycles. The average Bonchev–Trinajstić information content (AvgIpc) is 2.98. The van der Waals surface area contributed by atoms with Gasteiger partial charge in [0.25, 0.3) is 0 Å². The average molecular weight is 623 g/mol. The highest BCUT2D eigenvalue weighted by Gasteiger charge is 2.27. The quantitative estimate of drug-likeness (QED) is 0.257. The van der Waals surface area contributed by atoms with E-state index in [1.807, 2.05) is 12.4 Å². The highest BCUT2D eigenvalue weighted by atomic mass is 16.3. The fourth-order valence-electron chi connectivity index (χ4n) is 6.29. The Morgan fingerprint density at radius 3 is 1.61 bits per heavy atom. The minimum absolute atomic E-state index is 0.0102. The first-order valence-corrected chi connectivity index (χ1v) is 17.3. The number of phenolic OH excluding ortho intramolecular Hbond substituents is 2. The van der Waals surface area contributed by atoms with Gasteiger partial charge in [-0.25, -0.2) is 0 Å². The molecule has 0 radical (unpaired) electrons. The van der Waals surface area contributed by atoms with Crippen molar-refractivity contribution >= 4 is 12.4 Å². The molecule has 248 valence electrons.